The van der Waals surface area contributed by atoms with Crippen LogP contribution in [-0.2, 0) is 9.59 Å². The summed E-state index contributed by atoms with van der Waals surface area (Å²) in [5.74, 6) is 0.554. The van der Waals surface area contributed by atoms with Gasteiger partial charge < -0.3 is 15.1 Å². The summed E-state index contributed by atoms with van der Waals surface area (Å²) in [4.78, 5) is 27.6. The van der Waals surface area contributed by atoms with Gasteiger partial charge in [0.2, 0.25) is 11.8 Å². The number of rotatable bonds is 5. The first kappa shape index (κ1) is 18.3. The molecule has 132 valence electrons. The van der Waals surface area contributed by atoms with Gasteiger partial charge in [-0.2, -0.15) is 0 Å². The molecule has 5 heteroatoms. The van der Waals surface area contributed by atoms with Crippen molar-refractivity contribution in [3.8, 4) is 0 Å². The lowest BCUT2D eigenvalue weighted by Gasteiger charge is -2.32. The highest BCUT2D eigenvalue weighted by Gasteiger charge is 2.18. The van der Waals surface area contributed by atoms with Crippen LogP contribution >= 0.6 is 0 Å². The Kier molecular flexibility index (Phi) is 6.23. The third-order valence-corrected chi connectivity index (χ3v) is 4.64. The maximum absolute atomic E-state index is 12.1. The zero-order valence-corrected chi connectivity index (χ0v) is 15.2. The number of anilines is 2. The van der Waals surface area contributed by atoms with E-state index in [1.807, 2.05) is 26.0 Å². The highest BCUT2D eigenvalue weighted by Crippen LogP contribution is 2.24. The Labute approximate surface area is 145 Å². The normalized spacial score (nSPS) is 15.5. The Bertz CT molecular complexity index is 560. The number of hydrogen-bond acceptors (Lipinski definition) is 3. The van der Waals surface area contributed by atoms with Crippen molar-refractivity contribution in [2.75, 3.05) is 29.9 Å². The maximum atomic E-state index is 12.1. The molecule has 0 saturated carbocycles. The molecule has 0 unspecified atom stereocenters. The largest absolute Gasteiger partial charge is 0.372 e. The van der Waals surface area contributed by atoms with Gasteiger partial charge in [-0.3, -0.25) is 9.59 Å². The van der Waals surface area contributed by atoms with Gasteiger partial charge in [0.25, 0.3) is 0 Å². The summed E-state index contributed by atoms with van der Waals surface area (Å²) in [6, 6.07) is 7.97. The smallest absolute Gasteiger partial charge is 0.244 e. The molecule has 1 fully saturated rings. The van der Waals surface area contributed by atoms with E-state index in [9.17, 15) is 9.59 Å². The summed E-state index contributed by atoms with van der Waals surface area (Å²) in [5.41, 5.74) is 1.97. The minimum atomic E-state index is -0.168. The molecule has 1 saturated heterocycles. The van der Waals surface area contributed by atoms with Crippen molar-refractivity contribution >= 4 is 23.2 Å². The summed E-state index contributed by atoms with van der Waals surface area (Å²) >= 11 is 0. The quantitative estimate of drug-likeness (QED) is 0.902. The standard InChI is InChI=1S/C19H29N3O2/c1-14(2)22(16(4)23)13-19(24)20-17-5-7-18(8-6-17)21-11-9-15(3)10-12-21/h5-8,14-15H,9-13H2,1-4H3,(H,20,24). The third kappa shape index (κ3) is 4.98. The van der Waals surface area contributed by atoms with Gasteiger partial charge in [0.15, 0.2) is 0 Å². The molecular weight excluding hydrogens is 302 g/mol. The van der Waals surface area contributed by atoms with E-state index >= 15 is 0 Å². The molecule has 0 bridgehead atoms. The molecule has 0 aromatic heterocycles. The highest BCUT2D eigenvalue weighted by atomic mass is 16.2. The van der Waals surface area contributed by atoms with Crippen LogP contribution in [0.1, 0.15) is 40.5 Å². The van der Waals surface area contributed by atoms with Crippen LogP contribution in [0, 0.1) is 5.92 Å². The van der Waals surface area contributed by atoms with E-state index in [2.05, 4.69) is 29.3 Å². The SMILES string of the molecule is CC(=O)N(CC(=O)Nc1ccc(N2CCC(C)CC2)cc1)C(C)C. The fourth-order valence-electron chi connectivity index (χ4n) is 3.04. The second-order valence-corrected chi connectivity index (χ2v) is 7.01. The Morgan fingerprint density at radius 1 is 1.21 bits per heavy atom. The number of piperidine rings is 1. The fourth-order valence-corrected chi connectivity index (χ4v) is 3.04. The average molecular weight is 331 g/mol. The molecule has 1 aromatic carbocycles. The molecule has 0 spiro atoms. The number of carbonyl (C=O) groups is 2. The molecule has 5 nitrogen and oxygen atoms in total. The highest BCUT2D eigenvalue weighted by molar-refractivity contribution is 5.94. The molecule has 24 heavy (non-hydrogen) atoms. The minimum absolute atomic E-state index is 0.0112. The third-order valence-electron chi connectivity index (χ3n) is 4.64. The molecule has 1 heterocycles. The van der Waals surface area contributed by atoms with E-state index in [1.54, 1.807) is 4.90 Å². The van der Waals surface area contributed by atoms with Crippen LogP contribution in [0.3, 0.4) is 0 Å². The van der Waals surface area contributed by atoms with E-state index in [1.165, 1.54) is 25.5 Å². The van der Waals surface area contributed by atoms with Gasteiger partial charge in [-0.05, 0) is 56.9 Å². The summed E-state index contributed by atoms with van der Waals surface area (Å²) in [5, 5.41) is 2.87. The molecule has 1 aliphatic heterocycles. The molecule has 0 aliphatic carbocycles. The Hall–Kier alpha value is -2.04. The van der Waals surface area contributed by atoms with E-state index in [0.29, 0.717) is 0 Å². The van der Waals surface area contributed by atoms with Crippen LogP contribution in [0.2, 0.25) is 0 Å². The zero-order chi connectivity index (χ0) is 17.7. The van der Waals surface area contributed by atoms with Crippen molar-refractivity contribution in [3.05, 3.63) is 24.3 Å². The molecule has 1 aliphatic rings. The van der Waals surface area contributed by atoms with Gasteiger partial charge in [0.1, 0.15) is 6.54 Å². The van der Waals surface area contributed by atoms with E-state index < -0.39 is 0 Å². The first-order chi connectivity index (χ1) is 11.4. The number of hydrogen-bond donors (Lipinski definition) is 1. The lowest BCUT2D eigenvalue weighted by Crippen LogP contribution is -2.41. The van der Waals surface area contributed by atoms with E-state index in [-0.39, 0.29) is 24.4 Å². The Balaban J connectivity index is 1.91. The van der Waals surface area contributed by atoms with Crippen LogP contribution in [0.4, 0.5) is 11.4 Å². The number of amides is 2. The van der Waals surface area contributed by atoms with Crippen molar-refractivity contribution in [3.63, 3.8) is 0 Å². The number of nitrogens with zero attached hydrogens (tertiary/aromatic N) is 2. The summed E-state index contributed by atoms with van der Waals surface area (Å²) < 4.78 is 0. The molecule has 2 rings (SSSR count). The van der Waals surface area contributed by atoms with Gasteiger partial charge >= 0.3 is 0 Å². The van der Waals surface area contributed by atoms with E-state index in [4.69, 9.17) is 0 Å². The number of nitrogens with one attached hydrogen (secondary N) is 1. The average Bonchev–Trinajstić information content (AvgIpc) is 2.53. The lowest BCUT2D eigenvalue weighted by atomic mass is 9.99. The monoisotopic (exact) mass is 331 g/mol. The summed E-state index contributed by atoms with van der Waals surface area (Å²) in [6.45, 7) is 9.87. The van der Waals surface area contributed by atoms with Crippen molar-refractivity contribution < 1.29 is 9.59 Å². The van der Waals surface area contributed by atoms with Crippen LogP contribution in [0.25, 0.3) is 0 Å². The molecular formula is C19H29N3O2. The number of benzene rings is 1. The van der Waals surface area contributed by atoms with Gasteiger partial charge in [0, 0.05) is 37.4 Å². The van der Waals surface area contributed by atoms with Crippen LogP contribution in [-0.4, -0.2) is 42.4 Å². The molecule has 1 aromatic rings. The van der Waals surface area contributed by atoms with Crippen molar-refractivity contribution in [1.82, 2.24) is 4.90 Å². The maximum Gasteiger partial charge on any atom is 0.244 e. The predicted molar refractivity (Wildman–Crippen MR) is 98.2 cm³/mol. The molecule has 2 amide bonds. The predicted octanol–water partition coefficient (Wildman–Crippen LogP) is 3.12. The van der Waals surface area contributed by atoms with Gasteiger partial charge in [0.05, 0.1) is 0 Å². The Morgan fingerprint density at radius 2 is 1.79 bits per heavy atom. The van der Waals surface area contributed by atoms with Gasteiger partial charge in [-0.25, -0.2) is 0 Å². The van der Waals surface area contributed by atoms with Crippen LogP contribution in [0.15, 0.2) is 24.3 Å². The van der Waals surface area contributed by atoms with Crippen molar-refractivity contribution in [2.24, 2.45) is 5.92 Å². The summed E-state index contributed by atoms with van der Waals surface area (Å²) in [7, 11) is 0. The number of carbonyl (C=O) groups excluding carboxylic acids is 2. The lowest BCUT2D eigenvalue weighted by molar-refractivity contribution is -0.134. The van der Waals surface area contributed by atoms with Crippen molar-refractivity contribution in [1.29, 1.82) is 0 Å². The summed E-state index contributed by atoms with van der Waals surface area (Å²) in [6.07, 6.45) is 2.46. The second kappa shape index (κ2) is 8.18. The Morgan fingerprint density at radius 3 is 2.29 bits per heavy atom. The zero-order valence-electron chi connectivity index (χ0n) is 15.2. The van der Waals surface area contributed by atoms with Crippen LogP contribution in [0.5, 0.6) is 0 Å². The van der Waals surface area contributed by atoms with Gasteiger partial charge in [-0.15, -0.1) is 0 Å². The van der Waals surface area contributed by atoms with Gasteiger partial charge in [-0.1, -0.05) is 6.92 Å². The van der Waals surface area contributed by atoms with Crippen molar-refractivity contribution in [2.45, 2.75) is 46.6 Å². The minimum Gasteiger partial charge on any atom is -0.372 e. The first-order valence-corrected chi connectivity index (χ1v) is 8.79. The molecule has 1 N–H and O–H groups in total. The second-order valence-electron chi connectivity index (χ2n) is 7.01. The molecule has 0 atom stereocenters. The molecule has 0 radical (unpaired) electrons. The first-order valence-electron chi connectivity index (χ1n) is 8.79. The van der Waals surface area contributed by atoms with Crippen LogP contribution < -0.4 is 10.2 Å². The topological polar surface area (TPSA) is 52.7 Å². The van der Waals surface area contributed by atoms with E-state index in [0.717, 1.165) is 24.7 Å². The fraction of sp³-hybridized carbons (Fsp3) is 0.579.